The smallest absolute Gasteiger partial charge is 0.302 e. The van der Waals surface area contributed by atoms with E-state index in [0.717, 1.165) is 12.8 Å². The highest BCUT2D eigenvalue weighted by atomic mass is 16.5. The van der Waals surface area contributed by atoms with Crippen molar-refractivity contribution in [3.05, 3.63) is 36.5 Å². The molecule has 0 aromatic rings. The molecule has 0 aromatic carbocycles. The molecule has 2 heteroatoms. The van der Waals surface area contributed by atoms with Crippen LogP contribution >= 0.6 is 0 Å². The maximum atomic E-state index is 10.9. The van der Waals surface area contributed by atoms with Gasteiger partial charge in [0.2, 0.25) is 0 Å². The first-order chi connectivity index (χ1) is 7.23. The second-order valence-electron chi connectivity index (χ2n) is 4.25. The molecule has 0 N–H and O–H groups in total. The Hall–Kier alpha value is -1.31. The fourth-order valence-corrected chi connectivity index (χ4v) is 2.29. The summed E-state index contributed by atoms with van der Waals surface area (Å²) in [4.78, 5) is 10.9. The Morgan fingerprint density at radius 1 is 1.47 bits per heavy atom. The highest BCUT2D eigenvalue weighted by Gasteiger charge is 2.37. The number of ether oxygens (including phenoxy) is 1. The lowest BCUT2D eigenvalue weighted by Gasteiger charge is -2.38. The molecule has 0 saturated heterocycles. The third-order valence-corrected chi connectivity index (χ3v) is 3.19. The zero-order chi connectivity index (χ0) is 10.7. The van der Waals surface area contributed by atoms with Gasteiger partial charge in [-0.1, -0.05) is 36.5 Å². The lowest BCUT2D eigenvalue weighted by atomic mass is 9.68. The van der Waals surface area contributed by atoms with Crippen LogP contribution in [0.2, 0.25) is 0 Å². The minimum Gasteiger partial charge on any atom is -0.465 e. The van der Waals surface area contributed by atoms with Crippen LogP contribution in [0, 0.1) is 11.3 Å². The molecule has 0 spiro atoms. The Morgan fingerprint density at radius 2 is 2.33 bits per heavy atom. The standard InChI is InChI=1S/C13H16O2/c1-11(14)15-10-13-8-4-2-6-12(13)7-3-5-9-13/h2-4,6-8,12H,5,9-10H2,1H3/t12-,13+/m1/s1. The van der Waals surface area contributed by atoms with Gasteiger partial charge in [-0.3, -0.25) is 4.79 Å². The van der Waals surface area contributed by atoms with Crippen molar-refractivity contribution in [2.45, 2.75) is 19.8 Å². The van der Waals surface area contributed by atoms with Crippen LogP contribution < -0.4 is 0 Å². The van der Waals surface area contributed by atoms with Crippen molar-refractivity contribution in [2.24, 2.45) is 11.3 Å². The molecule has 15 heavy (non-hydrogen) atoms. The van der Waals surface area contributed by atoms with Gasteiger partial charge in [0.1, 0.15) is 6.61 Å². The number of fused-ring (bicyclic) bond motifs is 1. The third-order valence-electron chi connectivity index (χ3n) is 3.19. The van der Waals surface area contributed by atoms with Crippen molar-refractivity contribution in [3.8, 4) is 0 Å². The number of esters is 1. The first-order valence-electron chi connectivity index (χ1n) is 5.39. The largest absolute Gasteiger partial charge is 0.465 e. The second kappa shape index (κ2) is 4.05. The molecule has 0 saturated carbocycles. The van der Waals surface area contributed by atoms with Crippen LogP contribution in [0.5, 0.6) is 0 Å². The normalized spacial score (nSPS) is 32.5. The summed E-state index contributed by atoms with van der Waals surface area (Å²) in [5.41, 5.74) is 0.00910. The van der Waals surface area contributed by atoms with Crippen LogP contribution in [0.25, 0.3) is 0 Å². The van der Waals surface area contributed by atoms with Gasteiger partial charge in [-0.2, -0.15) is 0 Å². The average Bonchev–Trinajstić information content (AvgIpc) is 2.26. The Kier molecular flexibility index (Phi) is 2.76. The van der Waals surface area contributed by atoms with Crippen LogP contribution in [-0.4, -0.2) is 12.6 Å². The van der Waals surface area contributed by atoms with E-state index in [1.165, 1.54) is 6.92 Å². The third kappa shape index (κ3) is 2.04. The number of hydrogen-bond acceptors (Lipinski definition) is 2. The van der Waals surface area contributed by atoms with Gasteiger partial charge in [-0.25, -0.2) is 0 Å². The van der Waals surface area contributed by atoms with Crippen LogP contribution in [0.4, 0.5) is 0 Å². The molecule has 0 amide bonds. The zero-order valence-corrected chi connectivity index (χ0v) is 8.98. The van der Waals surface area contributed by atoms with Gasteiger partial charge in [0.25, 0.3) is 0 Å². The summed E-state index contributed by atoms with van der Waals surface area (Å²) in [6.07, 6.45) is 15.0. The number of carbonyl (C=O) groups is 1. The fraction of sp³-hybridized carbons (Fsp3) is 0.462. The van der Waals surface area contributed by atoms with Crippen LogP contribution in [-0.2, 0) is 9.53 Å². The summed E-state index contributed by atoms with van der Waals surface area (Å²) >= 11 is 0. The van der Waals surface area contributed by atoms with Crippen molar-refractivity contribution < 1.29 is 9.53 Å². The van der Waals surface area contributed by atoms with Gasteiger partial charge in [0, 0.05) is 18.3 Å². The molecule has 0 aliphatic heterocycles. The quantitative estimate of drug-likeness (QED) is 0.510. The number of rotatable bonds is 2. The van der Waals surface area contributed by atoms with Crippen LogP contribution in [0.1, 0.15) is 19.8 Å². The van der Waals surface area contributed by atoms with E-state index in [9.17, 15) is 4.79 Å². The van der Waals surface area contributed by atoms with E-state index in [-0.39, 0.29) is 11.4 Å². The van der Waals surface area contributed by atoms with E-state index in [0.29, 0.717) is 12.5 Å². The molecule has 2 aliphatic rings. The van der Waals surface area contributed by atoms with E-state index >= 15 is 0 Å². The summed E-state index contributed by atoms with van der Waals surface area (Å²) < 4.78 is 5.18. The molecule has 0 bridgehead atoms. The summed E-state index contributed by atoms with van der Waals surface area (Å²) in [5.74, 6) is 0.191. The van der Waals surface area contributed by atoms with Crippen molar-refractivity contribution in [1.82, 2.24) is 0 Å². The molecular weight excluding hydrogens is 188 g/mol. The molecule has 0 aromatic heterocycles. The molecule has 2 nitrogen and oxygen atoms in total. The molecule has 80 valence electrons. The molecule has 0 radical (unpaired) electrons. The Labute approximate surface area is 90.3 Å². The summed E-state index contributed by atoms with van der Waals surface area (Å²) in [6, 6.07) is 0. The molecule has 0 unspecified atom stereocenters. The fourth-order valence-electron chi connectivity index (χ4n) is 2.29. The molecule has 2 rings (SSSR count). The van der Waals surface area contributed by atoms with Gasteiger partial charge >= 0.3 is 5.97 Å². The second-order valence-corrected chi connectivity index (χ2v) is 4.25. The maximum Gasteiger partial charge on any atom is 0.302 e. The number of hydrogen-bond donors (Lipinski definition) is 0. The average molecular weight is 204 g/mol. The summed E-state index contributed by atoms with van der Waals surface area (Å²) in [5, 5.41) is 0. The monoisotopic (exact) mass is 204 g/mol. The van der Waals surface area contributed by atoms with Gasteiger partial charge in [-0.15, -0.1) is 0 Å². The van der Waals surface area contributed by atoms with Crippen molar-refractivity contribution in [3.63, 3.8) is 0 Å². The van der Waals surface area contributed by atoms with E-state index < -0.39 is 0 Å². The van der Waals surface area contributed by atoms with E-state index in [4.69, 9.17) is 4.74 Å². The van der Waals surface area contributed by atoms with Crippen LogP contribution in [0.3, 0.4) is 0 Å². The first kappa shape index (κ1) is 10.2. The Bertz CT molecular complexity index is 338. The molecule has 2 aliphatic carbocycles. The van der Waals surface area contributed by atoms with Crippen molar-refractivity contribution in [2.75, 3.05) is 6.61 Å². The number of carbonyl (C=O) groups excluding carboxylic acids is 1. The lowest BCUT2D eigenvalue weighted by Crippen LogP contribution is -2.35. The predicted molar refractivity (Wildman–Crippen MR) is 59.2 cm³/mol. The van der Waals surface area contributed by atoms with E-state index in [2.05, 4.69) is 36.5 Å². The van der Waals surface area contributed by atoms with Crippen molar-refractivity contribution in [1.29, 1.82) is 0 Å². The SMILES string of the molecule is CC(=O)OC[C@@]12C=CC=C[C@@H]1C=CCC2. The Balaban J connectivity index is 2.15. The lowest BCUT2D eigenvalue weighted by molar-refractivity contribution is -0.144. The molecular formula is C13H16O2. The predicted octanol–water partition coefficient (Wildman–Crippen LogP) is 2.63. The van der Waals surface area contributed by atoms with Gasteiger partial charge in [0.15, 0.2) is 0 Å². The van der Waals surface area contributed by atoms with Gasteiger partial charge in [0.05, 0.1) is 0 Å². The zero-order valence-electron chi connectivity index (χ0n) is 8.98. The molecule has 0 heterocycles. The maximum absolute atomic E-state index is 10.9. The van der Waals surface area contributed by atoms with Gasteiger partial charge in [-0.05, 0) is 12.8 Å². The highest BCUT2D eigenvalue weighted by Crippen LogP contribution is 2.42. The number of allylic oxidation sites excluding steroid dienone is 5. The van der Waals surface area contributed by atoms with E-state index in [1.54, 1.807) is 0 Å². The molecule has 2 atom stereocenters. The summed E-state index contributed by atoms with van der Waals surface area (Å²) in [7, 11) is 0. The minimum atomic E-state index is -0.194. The Morgan fingerprint density at radius 3 is 3.13 bits per heavy atom. The highest BCUT2D eigenvalue weighted by molar-refractivity contribution is 5.66. The molecule has 0 fully saturated rings. The van der Waals surface area contributed by atoms with Gasteiger partial charge < -0.3 is 4.74 Å². The van der Waals surface area contributed by atoms with E-state index in [1.807, 2.05) is 0 Å². The van der Waals surface area contributed by atoms with Crippen molar-refractivity contribution >= 4 is 5.97 Å². The first-order valence-corrected chi connectivity index (χ1v) is 5.39. The minimum absolute atomic E-state index is 0.00910. The van der Waals surface area contributed by atoms with Crippen LogP contribution in [0.15, 0.2) is 36.5 Å². The summed E-state index contributed by atoms with van der Waals surface area (Å²) in [6.45, 7) is 1.96. The topological polar surface area (TPSA) is 26.3 Å².